The molecule has 0 aromatic heterocycles. The number of nitrogens with zero attached hydrogens (tertiary/aromatic N) is 1. The Kier molecular flexibility index (Phi) is 7.73. The zero-order valence-corrected chi connectivity index (χ0v) is 8.35. The van der Waals surface area contributed by atoms with Crippen LogP contribution in [0.5, 0.6) is 0 Å². The third-order valence-electron chi connectivity index (χ3n) is 1.07. The van der Waals surface area contributed by atoms with Crippen molar-refractivity contribution >= 4 is 18.4 Å². The van der Waals surface area contributed by atoms with Crippen molar-refractivity contribution in [1.29, 1.82) is 0 Å². The average Bonchev–Trinajstić information content (AvgIpc) is 1.87. The van der Waals surface area contributed by atoms with Gasteiger partial charge in [0.15, 0.2) is 0 Å². The van der Waals surface area contributed by atoms with E-state index in [1.165, 1.54) is 6.08 Å². The molecule has 0 radical (unpaired) electrons. The molecule has 0 saturated carbocycles. The molecule has 0 aliphatic carbocycles. The van der Waals surface area contributed by atoms with Gasteiger partial charge in [0, 0.05) is 14.1 Å². The topological polar surface area (TPSA) is 55.6 Å². The molecule has 0 aromatic carbocycles. The Morgan fingerprint density at radius 3 is 2.42 bits per heavy atom. The molecule has 72 valence electrons. The molecule has 4 nitrogen and oxygen atoms in total. The summed E-state index contributed by atoms with van der Waals surface area (Å²) in [6.45, 7) is 2.12. The molecular formula is C7H15ClN2O2. The van der Waals surface area contributed by atoms with E-state index in [1.54, 1.807) is 25.9 Å². The lowest BCUT2D eigenvalue weighted by Crippen LogP contribution is -2.20. The molecule has 2 N–H and O–H groups in total. The van der Waals surface area contributed by atoms with Crippen LogP contribution in [0.1, 0.15) is 6.92 Å². The van der Waals surface area contributed by atoms with Crippen molar-refractivity contribution in [2.75, 3.05) is 20.7 Å². The van der Waals surface area contributed by atoms with Crippen molar-refractivity contribution in [3.63, 3.8) is 0 Å². The van der Waals surface area contributed by atoms with Crippen LogP contribution in [0.15, 0.2) is 11.9 Å². The highest BCUT2D eigenvalue weighted by molar-refractivity contribution is 5.85. The van der Waals surface area contributed by atoms with E-state index in [9.17, 15) is 4.79 Å². The smallest absolute Gasteiger partial charge is 0.334 e. The molecular weight excluding hydrogens is 180 g/mol. The third kappa shape index (κ3) is 5.85. The summed E-state index contributed by atoms with van der Waals surface area (Å²) in [5.41, 5.74) is 5.43. The molecule has 0 aliphatic heterocycles. The molecule has 0 heterocycles. The standard InChI is InChI=1S/C7H14N2O2.ClH/c1-4-11-7(10)5-6(8)9(2)3;/h5H,4,8H2,1-3H3;1H. The van der Waals surface area contributed by atoms with Gasteiger partial charge in [-0.05, 0) is 6.92 Å². The molecule has 0 unspecified atom stereocenters. The van der Waals surface area contributed by atoms with Crippen molar-refractivity contribution in [3.05, 3.63) is 11.9 Å². The zero-order chi connectivity index (χ0) is 8.85. The fourth-order valence-corrected chi connectivity index (χ4v) is 0.434. The highest BCUT2D eigenvalue weighted by Gasteiger charge is 1.98. The maximum absolute atomic E-state index is 10.8. The van der Waals surface area contributed by atoms with Gasteiger partial charge >= 0.3 is 5.97 Å². The van der Waals surface area contributed by atoms with Crippen molar-refractivity contribution in [2.45, 2.75) is 6.92 Å². The molecule has 0 spiro atoms. The molecule has 0 saturated heterocycles. The maximum Gasteiger partial charge on any atom is 0.334 e. The summed E-state index contributed by atoms with van der Waals surface area (Å²) in [6, 6.07) is 0. The number of ether oxygens (including phenoxy) is 1. The first kappa shape index (κ1) is 13.7. The normalized spacial score (nSPS) is 10.1. The van der Waals surface area contributed by atoms with E-state index in [2.05, 4.69) is 4.74 Å². The molecule has 0 rings (SSSR count). The highest BCUT2D eigenvalue weighted by atomic mass is 35.5. The van der Waals surface area contributed by atoms with Gasteiger partial charge in [0.1, 0.15) is 5.82 Å². The number of carbonyl (C=O) groups is 1. The monoisotopic (exact) mass is 194 g/mol. The number of hydrogen-bond acceptors (Lipinski definition) is 4. The van der Waals surface area contributed by atoms with E-state index < -0.39 is 5.97 Å². The second kappa shape index (κ2) is 6.79. The van der Waals surface area contributed by atoms with E-state index in [1.807, 2.05) is 0 Å². The number of esters is 1. The summed E-state index contributed by atoms with van der Waals surface area (Å²) in [5.74, 6) is -0.0119. The first-order valence-corrected chi connectivity index (χ1v) is 3.39. The number of carbonyl (C=O) groups excluding carboxylic acids is 1. The zero-order valence-electron chi connectivity index (χ0n) is 7.53. The Bertz CT molecular complexity index is 169. The summed E-state index contributed by atoms with van der Waals surface area (Å²) in [6.07, 6.45) is 1.25. The molecule has 0 aliphatic rings. The number of nitrogens with two attached hydrogens (primary N) is 1. The predicted octanol–water partition coefficient (Wildman–Crippen LogP) is 0.333. The second-order valence-electron chi connectivity index (χ2n) is 2.22. The summed E-state index contributed by atoms with van der Waals surface area (Å²) in [7, 11) is 3.51. The van der Waals surface area contributed by atoms with Gasteiger partial charge in [0.2, 0.25) is 0 Å². The maximum atomic E-state index is 10.8. The lowest BCUT2D eigenvalue weighted by atomic mass is 10.5. The van der Waals surface area contributed by atoms with Crippen molar-refractivity contribution in [2.24, 2.45) is 5.73 Å². The lowest BCUT2D eigenvalue weighted by molar-refractivity contribution is -0.137. The average molecular weight is 195 g/mol. The predicted molar refractivity (Wildman–Crippen MR) is 49.8 cm³/mol. The Balaban J connectivity index is 0. The van der Waals surface area contributed by atoms with Gasteiger partial charge in [-0.25, -0.2) is 4.79 Å². The van der Waals surface area contributed by atoms with Crippen molar-refractivity contribution < 1.29 is 9.53 Å². The number of rotatable bonds is 3. The van der Waals surface area contributed by atoms with Crippen LogP contribution >= 0.6 is 12.4 Å². The van der Waals surface area contributed by atoms with Gasteiger partial charge in [0.05, 0.1) is 12.7 Å². The van der Waals surface area contributed by atoms with Crippen molar-refractivity contribution in [3.8, 4) is 0 Å². The van der Waals surface area contributed by atoms with Gasteiger partial charge in [0.25, 0.3) is 0 Å². The van der Waals surface area contributed by atoms with Gasteiger partial charge in [-0.3, -0.25) is 0 Å². The molecule has 12 heavy (non-hydrogen) atoms. The second-order valence-corrected chi connectivity index (χ2v) is 2.22. The molecule has 0 aromatic rings. The van der Waals surface area contributed by atoms with Crippen LogP contribution in [-0.4, -0.2) is 31.6 Å². The Labute approximate surface area is 78.8 Å². The SMILES string of the molecule is CCOC(=O)C=C(N)N(C)C.Cl. The van der Waals surface area contributed by atoms with E-state index in [-0.39, 0.29) is 12.4 Å². The van der Waals surface area contributed by atoms with Crippen LogP contribution in [0.3, 0.4) is 0 Å². The number of hydrogen-bond donors (Lipinski definition) is 1. The van der Waals surface area contributed by atoms with Crippen LogP contribution in [0.4, 0.5) is 0 Å². The first-order chi connectivity index (χ1) is 5.07. The lowest BCUT2D eigenvalue weighted by Gasteiger charge is -2.10. The highest BCUT2D eigenvalue weighted by Crippen LogP contribution is 1.89. The van der Waals surface area contributed by atoms with Gasteiger partial charge in [-0.15, -0.1) is 12.4 Å². The van der Waals surface area contributed by atoms with Gasteiger partial charge in [-0.1, -0.05) is 0 Å². The van der Waals surface area contributed by atoms with Crippen LogP contribution < -0.4 is 5.73 Å². The summed E-state index contributed by atoms with van der Waals surface area (Å²) in [5, 5.41) is 0. The summed E-state index contributed by atoms with van der Waals surface area (Å²) >= 11 is 0. The van der Waals surface area contributed by atoms with Crippen molar-refractivity contribution in [1.82, 2.24) is 4.90 Å². The molecule has 0 fully saturated rings. The minimum Gasteiger partial charge on any atom is -0.463 e. The van der Waals surface area contributed by atoms with Gasteiger partial charge < -0.3 is 15.4 Å². The van der Waals surface area contributed by atoms with E-state index >= 15 is 0 Å². The number of halogens is 1. The Morgan fingerprint density at radius 2 is 2.08 bits per heavy atom. The van der Waals surface area contributed by atoms with Crippen LogP contribution in [0.25, 0.3) is 0 Å². The minimum absolute atomic E-state index is 0. The largest absolute Gasteiger partial charge is 0.463 e. The Morgan fingerprint density at radius 1 is 1.58 bits per heavy atom. The van der Waals surface area contributed by atoms with Crippen LogP contribution in [-0.2, 0) is 9.53 Å². The molecule has 0 bridgehead atoms. The fraction of sp³-hybridized carbons (Fsp3) is 0.571. The summed E-state index contributed by atoms with van der Waals surface area (Å²) in [4.78, 5) is 12.4. The van der Waals surface area contributed by atoms with Crippen LogP contribution in [0.2, 0.25) is 0 Å². The molecule has 0 amide bonds. The third-order valence-corrected chi connectivity index (χ3v) is 1.07. The van der Waals surface area contributed by atoms with Crippen LogP contribution in [0, 0.1) is 0 Å². The Hall–Kier alpha value is -0.900. The van der Waals surface area contributed by atoms with E-state index in [0.717, 1.165) is 0 Å². The molecule has 5 heteroatoms. The van der Waals surface area contributed by atoms with E-state index in [4.69, 9.17) is 5.73 Å². The first-order valence-electron chi connectivity index (χ1n) is 3.39. The summed E-state index contributed by atoms with van der Waals surface area (Å²) < 4.78 is 4.64. The van der Waals surface area contributed by atoms with Gasteiger partial charge in [-0.2, -0.15) is 0 Å². The molecule has 0 atom stereocenters. The quantitative estimate of drug-likeness (QED) is 0.520. The minimum atomic E-state index is -0.404. The van der Waals surface area contributed by atoms with E-state index in [0.29, 0.717) is 12.4 Å². The fourth-order valence-electron chi connectivity index (χ4n) is 0.434.